The predicted octanol–water partition coefficient (Wildman–Crippen LogP) is 7.47. The van der Waals surface area contributed by atoms with E-state index >= 15 is 0 Å². The Morgan fingerprint density at radius 1 is 1.07 bits per heavy atom. The van der Waals surface area contributed by atoms with E-state index in [9.17, 15) is 5.11 Å². The molecular formula is C28H44O. The second-order valence-corrected chi connectivity index (χ2v) is 11.8. The van der Waals surface area contributed by atoms with E-state index in [4.69, 9.17) is 0 Å². The Hall–Kier alpha value is -0.820. The Bertz CT molecular complexity index is 699. The highest BCUT2D eigenvalue weighted by Crippen LogP contribution is 2.67. The highest BCUT2D eigenvalue weighted by atomic mass is 16.3. The van der Waals surface area contributed by atoms with Crippen LogP contribution in [0.2, 0.25) is 0 Å². The summed E-state index contributed by atoms with van der Waals surface area (Å²) in [6.45, 7) is 18.6. The molecular weight excluding hydrogens is 352 g/mol. The highest BCUT2D eigenvalue weighted by Gasteiger charge is 2.58. The van der Waals surface area contributed by atoms with E-state index in [0.29, 0.717) is 22.7 Å². The van der Waals surface area contributed by atoms with Gasteiger partial charge in [0.25, 0.3) is 0 Å². The Morgan fingerprint density at radius 2 is 1.83 bits per heavy atom. The van der Waals surface area contributed by atoms with Gasteiger partial charge in [0.15, 0.2) is 0 Å². The van der Waals surface area contributed by atoms with E-state index in [1.54, 1.807) is 5.57 Å². The van der Waals surface area contributed by atoms with Crippen LogP contribution in [0.1, 0.15) is 91.9 Å². The van der Waals surface area contributed by atoms with Gasteiger partial charge in [-0.2, -0.15) is 0 Å². The molecule has 0 aromatic heterocycles. The Morgan fingerprint density at radius 3 is 2.55 bits per heavy atom. The van der Waals surface area contributed by atoms with Gasteiger partial charge in [-0.15, -0.1) is 0 Å². The maximum atomic E-state index is 10.2. The summed E-state index contributed by atoms with van der Waals surface area (Å²) in [6, 6.07) is 0. The number of hydrogen-bond donors (Lipinski definition) is 1. The average Bonchev–Trinajstić information content (AvgIpc) is 3.03. The van der Waals surface area contributed by atoms with Crippen LogP contribution in [0.25, 0.3) is 0 Å². The molecule has 162 valence electrons. The topological polar surface area (TPSA) is 20.2 Å². The van der Waals surface area contributed by atoms with Gasteiger partial charge in [0.05, 0.1) is 6.10 Å². The molecule has 3 saturated carbocycles. The normalized spacial score (nSPS) is 43.9. The van der Waals surface area contributed by atoms with Gasteiger partial charge in [0, 0.05) is 0 Å². The summed E-state index contributed by atoms with van der Waals surface area (Å²) >= 11 is 0. The molecule has 4 aliphatic carbocycles. The summed E-state index contributed by atoms with van der Waals surface area (Å²) in [5.74, 6) is 3.84. The van der Waals surface area contributed by atoms with E-state index in [1.807, 2.05) is 0 Å². The lowest BCUT2D eigenvalue weighted by Gasteiger charge is -2.58. The maximum absolute atomic E-state index is 10.2. The average molecular weight is 397 g/mol. The van der Waals surface area contributed by atoms with E-state index in [1.165, 1.54) is 49.7 Å². The molecule has 0 bridgehead atoms. The predicted molar refractivity (Wildman–Crippen MR) is 124 cm³/mol. The zero-order valence-corrected chi connectivity index (χ0v) is 19.5. The molecule has 1 nitrogen and oxygen atoms in total. The lowest BCUT2D eigenvalue weighted by atomic mass is 9.47. The van der Waals surface area contributed by atoms with Crippen LogP contribution in [0.15, 0.2) is 36.0 Å². The third kappa shape index (κ3) is 3.50. The first-order valence-electron chi connectivity index (χ1n) is 12.4. The fourth-order valence-electron chi connectivity index (χ4n) is 8.10. The molecule has 0 aromatic rings. The van der Waals surface area contributed by atoms with Crippen LogP contribution in [0, 0.1) is 40.4 Å². The molecule has 1 N–H and O–H groups in total. The number of allylic oxidation sites excluding steroid dienone is 3. The van der Waals surface area contributed by atoms with E-state index < -0.39 is 0 Å². The first-order valence-corrected chi connectivity index (χ1v) is 12.4. The van der Waals surface area contributed by atoms with Crippen LogP contribution < -0.4 is 0 Å². The van der Waals surface area contributed by atoms with E-state index in [0.717, 1.165) is 43.4 Å². The third-order valence-electron chi connectivity index (χ3n) is 10.2. The highest BCUT2D eigenvalue weighted by molar-refractivity contribution is 5.26. The van der Waals surface area contributed by atoms with Gasteiger partial charge in [-0.1, -0.05) is 63.6 Å². The molecule has 3 fully saturated rings. The third-order valence-corrected chi connectivity index (χ3v) is 10.2. The van der Waals surface area contributed by atoms with Crippen LogP contribution in [0.5, 0.6) is 0 Å². The molecule has 0 spiro atoms. The first kappa shape index (κ1) is 21.4. The molecule has 0 amide bonds. The summed E-state index contributed by atoms with van der Waals surface area (Å²) < 4.78 is 0. The van der Waals surface area contributed by atoms with Crippen molar-refractivity contribution in [2.75, 3.05) is 0 Å². The van der Waals surface area contributed by atoms with Crippen molar-refractivity contribution in [3.05, 3.63) is 36.0 Å². The van der Waals surface area contributed by atoms with Crippen molar-refractivity contribution in [3.63, 3.8) is 0 Å². The van der Waals surface area contributed by atoms with Crippen LogP contribution >= 0.6 is 0 Å². The summed E-state index contributed by atoms with van der Waals surface area (Å²) in [7, 11) is 0. The van der Waals surface area contributed by atoms with Crippen LogP contribution in [0.4, 0.5) is 0 Å². The van der Waals surface area contributed by atoms with Crippen molar-refractivity contribution < 1.29 is 5.11 Å². The number of rotatable bonds is 5. The van der Waals surface area contributed by atoms with Crippen LogP contribution in [-0.4, -0.2) is 11.2 Å². The molecule has 4 aliphatic rings. The summed E-state index contributed by atoms with van der Waals surface area (Å²) in [5, 5.41) is 10.2. The van der Waals surface area contributed by atoms with Crippen LogP contribution in [0.3, 0.4) is 0 Å². The molecule has 1 heteroatoms. The van der Waals surface area contributed by atoms with Crippen molar-refractivity contribution in [2.24, 2.45) is 40.4 Å². The van der Waals surface area contributed by atoms with Crippen molar-refractivity contribution in [3.8, 4) is 0 Å². The second kappa shape index (κ2) is 7.70. The summed E-state index contributed by atoms with van der Waals surface area (Å²) in [6.07, 6.45) is 14.6. The largest absolute Gasteiger partial charge is 0.393 e. The number of aliphatic hydroxyl groups is 1. The van der Waals surface area contributed by atoms with E-state index in [-0.39, 0.29) is 6.10 Å². The molecule has 7 atom stereocenters. The van der Waals surface area contributed by atoms with E-state index in [2.05, 4.69) is 46.9 Å². The second-order valence-electron chi connectivity index (χ2n) is 11.8. The van der Waals surface area contributed by atoms with Crippen molar-refractivity contribution >= 4 is 0 Å². The zero-order chi connectivity index (χ0) is 21.0. The summed E-state index contributed by atoms with van der Waals surface area (Å²) in [5.41, 5.74) is 5.29. The minimum atomic E-state index is -0.0977. The Balaban J connectivity index is 1.50. The monoisotopic (exact) mass is 396 g/mol. The standard InChI is InChI=1S/C28H44O/c1-18(2)19(3)7-8-20(4)24-11-12-25-23-10-9-21-17-22(29)13-15-27(21,5)26(23)14-16-28(24,25)6/h9,18,22-26,29H,3-4,7-8,10-17H2,1-2,5-6H3/t22-,23-,24+,25-,26-,27-,28+/m0/s1. The van der Waals surface area contributed by atoms with Crippen molar-refractivity contribution in [1.29, 1.82) is 0 Å². The van der Waals surface area contributed by atoms with Crippen molar-refractivity contribution in [2.45, 2.75) is 98.0 Å². The minimum Gasteiger partial charge on any atom is -0.393 e. The molecule has 0 heterocycles. The van der Waals surface area contributed by atoms with Gasteiger partial charge in [0.1, 0.15) is 0 Å². The smallest absolute Gasteiger partial charge is 0.0577 e. The molecule has 0 unspecified atom stereocenters. The molecule has 0 saturated heterocycles. The molecule has 0 aliphatic heterocycles. The van der Waals surface area contributed by atoms with Gasteiger partial charge in [-0.3, -0.25) is 0 Å². The quantitative estimate of drug-likeness (QED) is 0.478. The fraction of sp³-hybridized carbons (Fsp3) is 0.786. The Labute approximate surface area is 179 Å². The fourth-order valence-corrected chi connectivity index (χ4v) is 8.10. The molecule has 0 aromatic carbocycles. The van der Waals surface area contributed by atoms with Crippen LogP contribution in [-0.2, 0) is 0 Å². The van der Waals surface area contributed by atoms with Gasteiger partial charge >= 0.3 is 0 Å². The number of fused-ring (bicyclic) bond motifs is 5. The lowest BCUT2D eigenvalue weighted by Crippen LogP contribution is -2.50. The van der Waals surface area contributed by atoms with Gasteiger partial charge in [-0.25, -0.2) is 0 Å². The zero-order valence-electron chi connectivity index (χ0n) is 19.5. The van der Waals surface area contributed by atoms with Gasteiger partial charge < -0.3 is 5.11 Å². The minimum absolute atomic E-state index is 0.0977. The van der Waals surface area contributed by atoms with Gasteiger partial charge in [0.2, 0.25) is 0 Å². The number of aliphatic hydroxyl groups excluding tert-OH is 1. The van der Waals surface area contributed by atoms with Crippen molar-refractivity contribution in [1.82, 2.24) is 0 Å². The molecule has 29 heavy (non-hydrogen) atoms. The molecule has 0 radical (unpaired) electrons. The Kier molecular flexibility index (Phi) is 5.69. The maximum Gasteiger partial charge on any atom is 0.0577 e. The summed E-state index contributed by atoms with van der Waals surface area (Å²) in [4.78, 5) is 0. The number of hydrogen-bond acceptors (Lipinski definition) is 1. The molecule has 4 rings (SSSR count). The first-order chi connectivity index (χ1) is 13.7. The van der Waals surface area contributed by atoms with Gasteiger partial charge in [-0.05, 0) is 105 Å². The lowest BCUT2D eigenvalue weighted by molar-refractivity contribution is -0.0456. The SMILES string of the molecule is C=C(CCC(=C)[C@H]1CC[C@H]2[C@@H]3CC=C4C[C@@H](O)CC[C@]4(C)[C@H]3CC[C@]12C)C(C)C.